The fraction of sp³-hybridized carbons (Fsp3) is 0.650. The van der Waals surface area contributed by atoms with Gasteiger partial charge in [-0.1, -0.05) is 18.2 Å². The number of rotatable bonds is 2. The van der Waals surface area contributed by atoms with Crippen molar-refractivity contribution in [2.45, 2.75) is 38.6 Å². The van der Waals surface area contributed by atoms with Gasteiger partial charge in [-0.05, 0) is 48.8 Å². The second-order valence-corrected chi connectivity index (χ2v) is 7.70. The fourth-order valence-corrected chi connectivity index (χ4v) is 4.30. The number of carbonyl (C=O) groups is 1. The van der Waals surface area contributed by atoms with Gasteiger partial charge in [0.15, 0.2) is 0 Å². The first kappa shape index (κ1) is 16.9. The Hall–Kier alpha value is -1.59. The Morgan fingerprint density at radius 3 is 2.84 bits per heavy atom. The number of urea groups is 1. The minimum absolute atomic E-state index is 0.0249. The number of hydrogen-bond acceptors (Lipinski definition) is 3. The van der Waals surface area contributed by atoms with Crippen molar-refractivity contribution in [2.75, 3.05) is 39.5 Å². The van der Waals surface area contributed by atoms with E-state index in [2.05, 4.69) is 23.5 Å². The van der Waals surface area contributed by atoms with E-state index >= 15 is 0 Å². The predicted octanol–water partition coefficient (Wildman–Crippen LogP) is 2.51. The van der Waals surface area contributed by atoms with Crippen molar-refractivity contribution in [3.63, 3.8) is 0 Å². The molecule has 2 fully saturated rings. The van der Waals surface area contributed by atoms with Crippen LogP contribution in [0.25, 0.3) is 0 Å². The molecule has 0 aromatic heterocycles. The van der Waals surface area contributed by atoms with Gasteiger partial charge in [0.1, 0.15) is 0 Å². The summed E-state index contributed by atoms with van der Waals surface area (Å²) < 4.78 is 11.3. The molecule has 5 nitrogen and oxygen atoms in total. The quantitative estimate of drug-likeness (QED) is 0.897. The summed E-state index contributed by atoms with van der Waals surface area (Å²) in [5.41, 5.74) is 4.19. The Balaban J connectivity index is 1.36. The maximum atomic E-state index is 12.7. The molecule has 0 radical (unpaired) electrons. The van der Waals surface area contributed by atoms with Crippen molar-refractivity contribution in [1.29, 1.82) is 0 Å². The van der Waals surface area contributed by atoms with E-state index in [0.29, 0.717) is 19.7 Å². The van der Waals surface area contributed by atoms with E-state index in [1.54, 1.807) is 0 Å². The summed E-state index contributed by atoms with van der Waals surface area (Å²) in [7, 11) is 0. The van der Waals surface area contributed by atoms with Gasteiger partial charge in [0.2, 0.25) is 0 Å². The van der Waals surface area contributed by atoms with Crippen LogP contribution in [-0.2, 0) is 28.9 Å². The maximum absolute atomic E-state index is 12.7. The minimum atomic E-state index is 0.0249. The number of amides is 2. The molecular weight excluding hydrogens is 316 g/mol. The van der Waals surface area contributed by atoms with Gasteiger partial charge in [-0.15, -0.1) is 0 Å². The molecule has 1 aromatic carbocycles. The third kappa shape index (κ3) is 3.82. The minimum Gasteiger partial charge on any atom is -0.381 e. The molecule has 0 unspecified atom stereocenters. The summed E-state index contributed by atoms with van der Waals surface area (Å²) in [6, 6.07) is 6.65. The first-order chi connectivity index (χ1) is 12.2. The summed E-state index contributed by atoms with van der Waals surface area (Å²) in [6.45, 7) is 4.94. The molecule has 2 aliphatic heterocycles. The fourth-order valence-electron chi connectivity index (χ4n) is 4.30. The van der Waals surface area contributed by atoms with Crippen LogP contribution < -0.4 is 5.32 Å². The number of aryl methyl sites for hydroxylation is 2. The summed E-state index contributed by atoms with van der Waals surface area (Å²) in [5.74, 6) is 0. The van der Waals surface area contributed by atoms with Crippen molar-refractivity contribution in [3.8, 4) is 0 Å². The number of hydrogen-bond donors (Lipinski definition) is 1. The van der Waals surface area contributed by atoms with E-state index in [4.69, 9.17) is 9.47 Å². The summed E-state index contributed by atoms with van der Waals surface area (Å²) in [5, 5.41) is 3.11. The second-order valence-electron chi connectivity index (χ2n) is 7.70. The van der Waals surface area contributed by atoms with E-state index in [0.717, 1.165) is 39.2 Å². The van der Waals surface area contributed by atoms with Gasteiger partial charge < -0.3 is 19.7 Å². The molecule has 25 heavy (non-hydrogen) atoms. The number of fused-ring (bicyclic) bond motifs is 1. The summed E-state index contributed by atoms with van der Waals surface area (Å²) >= 11 is 0. The molecule has 136 valence electrons. The molecule has 1 aromatic rings. The number of nitrogens with one attached hydrogen (secondary N) is 1. The zero-order chi connectivity index (χ0) is 17.1. The highest BCUT2D eigenvalue weighted by molar-refractivity contribution is 5.74. The molecule has 1 N–H and O–H groups in total. The van der Waals surface area contributed by atoms with Gasteiger partial charge in [0.05, 0.1) is 13.2 Å². The molecular formula is C20H28N2O3. The van der Waals surface area contributed by atoms with Gasteiger partial charge in [-0.3, -0.25) is 0 Å². The number of ether oxygens (including phenoxy) is 2. The first-order valence-electron chi connectivity index (χ1n) is 9.53. The Bertz CT molecular complexity index is 625. The molecule has 0 saturated carbocycles. The lowest BCUT2D eigenvalue weighted by atomic mass is 9.80. The van der Waals surface area contributed by atoms with E-state index in [1.807, 2.05) is 4.90 Å². The Morgan fingerprint density at radius 2 is 1.96 bits per heavy atom. The SMILES string of the molecule is O=C(NCc1ccc2c(c1)CCC2)N1CCOCC2(CCOCC2)C1. The van der Waals surface area contributed by atoms with Crippen LogP contribution in [-0.4, -0.2) is 50.4 Å². The first-order valence-corrected chi connectivity index (χ1v) is 9.53. The van der Waals surface area contributed by atoms with Gasteiger partial charge in [0.25, 0.3) is 0 Å². The molecule has 1 spiro atoms. The zero-order valence-corrected chi connectivity index (χ0v) is 14.9. The third-order valence-corrected chi connectivity index (χ3v) is 5.89. The largest absolute Gasteiger partial charge is 0.381 e. The van der Waals surface area contributed by atoms with Crippen LogP contribution in [0.4, 0.5) is 4.79 Å². The van der Waals surface area contributed by atoms with E-state index in [9.17, 15) is 4.79 Å². The molecule has 2 heterocycles. The Labute approximate surface area is 149 Å². The van der Waals surface area contributed by atoms with Gasteiger partial charge in [-0.25, -0.2) is 4.79 Å². The van der Waals surface area contributed by atoms with Crippen molar-refractivity contribution in [1.82, 2.24) is 10.2 Å². The lowest BCUT2D eigenvalue weighted by molar-refractivity contribution is -0.0295. The van der Waals surface area contributed by atoms with E-state index in [-0.39, 0.29) is 11.4 Å². The van der Waals surface area contributed by atoms with Gasteiger partial charge >= 0.3 is 6.03 Å². The summed E-state index contributed by atoms with van der Waals surface area (Å²) in [6.07, 6.45) is 5.57. The number of nitrogens with zero attached hydrogens (tertiary/aromatic N) is 1. The van der Waals surface area contributed by atoms with Crippen LogP contribution in [0.2, 0.25) is 0 Å². The van der Waals surface area contributed by atoms with Crippen LogP contribution in [0, 0.1) is 5.41 Å². The average Bonchev–Trinajstić information content (AvgIpc) is 3.01. The molecule has 0 bridgehead atoms. The lowest BCUT2D eigenvalue weighted by Crippen LogP contribution is -2.47. The van der Waals surface area contributed by atoms with Crippen LogP contribution in [0.3, 0.4) is 0 Å². The average molecular weight is 344 g/mol. The van der Waals surface area contributed by atoms with Crippen molar-refractivity contribution in [3.05, 3.63) is 34.9 Å². The topological polar surface area (TPSA) is 50.8 Å². The third-order valence-electron chi connectivity index (χ3n) is 5.89. The Kier molecular flexibility index (Phi) is 4.95. The number of carbonyl (C=O) groups excluding carboxylic acids is 1. The van der Waals surface area contributed by atoms with Crippen LogP contribution in [0.1, 0.15) is 36.0 Å². The molecule has 3 aliphatic rings. The van der Waals surface area contributed by atoms with Gasteiger partial charge in [-0.2, -0.15) is 0 Å². The highest BCUT2D eigenvalue weighted by atomic mass is 16.5. The van der Waals surface area contributed by atoms with Crippen molar-refractivity contribution in [2.24, 2.45) is 5.41 Å². The molecule has 2 saturated heterocycles. The standard InChI is InChI=1S/C20H28N2O3/c23-19(21-13-16-4-5-17-2-1-3-18(17)12-16)22-8-11-25-15-20(14-22)6-9-24-10-7-20/h4-5,12H,1-3,6-11,13-15H2,(H,21,23). The second kappa shape index (κ2) is 7.34. The Morgan fingerprint density at radius 1 is 1.12 bits per heavy atom. The monoisotopic (exact) mass is 344 g/mol. The highest BCUT2D eigenvalue weighted by Crippen LogP contribution is 2.33. The predicted molar refractivity (Wildman–Crippen MR) is 95.6 cm³/mol. The smallest absolute Gasteiger partial charge is 0.317 e. The molecule has 4 rings (SSSR count). The maximum Gasteiger partial charge on any atom is 0.317 e. The summed E-state index contributed by atoms with van der Waals surface area (Å²) in [4.78, 5) is 14.6. The number of benzene rings is 1. The van der Waals surface area contributed by atoms with E-state index in [1.165, 1.54) is 36.0 Å². The van der Waals surface area contributed by atoms with E-state index < -0.39 is 0 Å². The zero-order valence-electron chi connectivity index (χ0n) is 14.9. The highest BCUT2D eigenvalue weighted by Gasteiger charge is 2.37. The van der Waals surface area contributed by atoms with Crippen LogP contribution in [0.15, 0.2) is 18.2 Å². The lowest BCUT2D eigenvalue weighted by Gasteiger charge is -2.38. The van der Waals surface area contributed by atoms with Crippen LogP contribution >= 0.6 is 0 Å². The van der Waals surface area contributed by atoms with Crippen molar-refractivity contribution >= 4 is 6.03 Å². The molecule has 0 atom stereocenters. The van der Waals surface area contributed by atoms with Crippen molar-refractivity contribution < 1.29 is 14.3 Å². The van der Waals surface area contributed by atoms with Crippen LogP contribution in [0.5, 0.6) is 0 Å². The molecule has 5 heteroatoms. The molecule has 1 aliphatic carbocycles. The normalized spacial score (nSPS) is 22.5. The molecule has 2 amide bonds. The van der Waals surface area contributed by atoms with Gasteiger partial charge in [0, 0.05) is 38.3 Å².